The van der Waals surface area contributed by atoms with Crippen LogP contribution in [0.5, 0.6) is 0 Å². The highest BCUT2D eigenvalue weighted by Gasteiger charge is 2.19. The number of nitrogens with two attached hydrogens (primary N) is 1. The Morgan fingerprint density at radius 3 is 2.82 bits per heavy atom. The van der Waals surface area contributed by atoms with Gasteiger partial charge in [0.25, 0.3) is 5.91 Å². The number of benzene rings is 1. The third-order valence-electron chi connectivity index (χ3n) is 3.00. The van der Waals surface area contributed by atoms with Crippen molar-refractivity contribution in [3.05, 3.63) is 52.7 Å². The smallest absolute Gasteiger partial charge is 0.253 e. The van der Waals surface area contributed by atoms with E-state index in [1.165, 1.54) is 12.3 Å². The Hall–Kier alpha value is -2.34. The SMILES string of the molecule is C[C@H](CC(=O)c1ccco1)NC(=O)c1cc(Cl)cc(F)c1N. The molecule has 22 heavy (non-hydrogen) atoms. The zero-order chi connectivity index (χ0) is 16.3. The largest absolute Gasteiger partial charge is 0.461 e. The second-order valence-electron chi connectivity index (χ2n) is 4.83. The van der Waals surface area contributed by atoms with Crippen LogP contribution in [0.4, 0.5) is 10.1 Å². The zero-order valence-corrected chi connectivity index (χ0v) is 12.5. The number of nitrogen functional groups attached to an aromatic ring is 1. The number of amides is 1. The maximum absolute atomic E-state index is 13.5. The van der Waals surface area contributed by atoms with Crippen LogP contribution in [0.3, 0.4) is 0 Å². The Balaban J connectivity index is 2.04. The summed E-state index contributed by atoms with van der Waals surface area (Å²) in [5.41, 5.74) is 5.18. The number of Topliss-reactive ketones (excluding diaryl/α,β-unsaturated/α-hetero) is 1. The molecule has 1 aromatic heterocycles. The Kier molecular flexibility index (Phi) is 4.82. The second kappa shape index (κ2) is 6.62. The summed E-state index contributed by atoms with van der Waals surface area (Å²) in [6.45, 7) is 1.65. The van der Waals surface area contributed by atoms with Crippen LogP contribution in [0, 0.1) is 5.82 Å². The number of furan rings is 1. The first kappa shape index (κ1) is 16.0. The summed E-state index contributed by atoms with van der Waals surface area (Å²) >= 11 is 5.71. The van der Waals surface area contributed by atoms with Crippen LogP contribution in [0.1, 0.15) is 34.3 Å². The predicted molar refractivity (Wildman–Crippen MR) is 80.4 cm³/mol. The molecule has 1 aromatic carbocycles. The molecule has 0 aliphatic heterocycles. The van der Waals surface area contributed by atoms with Gasteiger partial charge in [0, 0.05) is 17.5 Å². The summed E-state index contributed by atoms with van der Waals surface area (Å²) in [6.07, 6.45) is 1.44. The summed E-state index contributed by atoms with van der Waals surface area (Å²) in [7, 11) is 0. The molecule has 0 fully saturated rings. The van der Waals surface area contributed by atoms with Crippen molar-refractivity contribution < 1.29 is 18.4 Å². The first-order chi connectivity index (χ1) is 10.4. The lowest BCUT2D eigenvalue weighted by molar-refractivity contribution is 0.0907. The molecule has 7 heteroatoms. The summed E-state index contributed by atoms with van der Waals surface area (Å²) in [6, 6.07) is 4.97. The number of carbonyl (C=O) groups is 2. The van der Waals surface area contributed by atoms with Gasteiger partial charge in [0.1, 0.15) is 5.82 Å². The fourth-order valence-corrected chi connectivity index (χ4v) is 2.15. The van der Waals surface area contributed by atoms with Gasteiger partial charge < -0.3 is 15.5 Å². The number of ketones is 1. The highest BCUT2D eigenvalue weighted by molar-refractivity contribution is 6.31. The van der Waals surface area contributed by atoms with E-state index in [1.54, 1.807) is 19.1 Å². The van der Waals surface area contributed by atoms with Crippen molar-refractivity contribution in [2.45, 2.75) is 19.4 Å². The number of rotatable bonds is 5. The first-order valence-electron chi connectivity index (χ1n) is 6.50. The molecule has 0 radical (unpaired) electrons. The van der Waals surface area contributed by atoms with E-state index in [4.69, 9.17) is 21.8 Å². The first-order valence-corrected chi connectivity index (χ1v) is 6.88. The Morgan fingerprint density at radius 2 is 2.18 bits per heavy atom. The molecule has 1 amide bonds. The Morgan fingerprint density at radius 1 is 1.45 bits per heavy atom. The van der Waals surface area contributed by atoms with Gasteiger partial charge in [-0.15, -0.1) is 0 Å². The number of anilines is 1. The predicted octanol–water partition coefficient (Wildman–Crippen LogP) is 3.05. The summed E-state index contributed by atoms with van der Waals surface area (Å²) < 4.78 is 18.5. The molecular weight excluding hydrogens is 311 g/mol. The molecule has 0 spiro atoms. The standard InChI is InChI=1S/C15H14ClFN2O3/c1-8(5-12(20)13-3-2-4-22-13)19-15(21)10-6-9(16)7-11(17)14(10)18/h2-4,6-8H,5,18H2,1H3,(H,19,21)/t8-/m1/s1. The molecular formula is C15H14ClFN2O3. The van der Waals surface area contributed by atoms with Gasteiger partial charge in [-0.25, -0.2) is 4.39 Å². The molecule has 0 aliphatic carbocycles. The third kappa shape index (κ3) is 3.65. The van der Waals surface area contributed by atoms with Crippen molar-refractivity contribution in [1.29, 1.82) is 0 Å². The summed E-state index contributed by atoms with van der Waals surface area (Å²) in [5.74, 6) is -1.40. The molecule has 3 N–H and O–H groups in total. The summed E-state index contributed by atoms with van der Waals surface area (Å²) in [4.78, 5) is 24.0. The molecule has 0 saturated carbocycles. The van der Waals surface area contributed by atoms with Crippen LogP contribution in [0.2, 0.25) is 5.02 Å². The maximum atomic E-state index is 13.5. The molecule has 1 heterocycles. The van der Waals surface area contributed by atoms with E-state index in [0.29, 0.717) is 0 Å². The average molecular weight is 325 g/mol. The van der Waals surface area contributed by atoms with E-state index in [0.717, 1.165) is 6.07 Å². The van der Waals surface area contributed by atoms with Gasteiger partial charge in [0.15, 0.2) is 11.5 Å². The minimum atomic E-state index is -0.767. The van der Waals surface area contributed by atoms with Crippen LogP contribution in [0.25, 0.3) is 0 Å². The Bertz CT molecular complexity index is 701. The van der Waals surface area contributed by atoms with Gasteiger partial charge in [-0.1, -0.05) is 11.6 Å². The van der Waals surface area contributed by atoms with E-state index in [9.17, 15) is 14.0 Å². The summed E-state index contributed by atoms with van der Waals surface area (Å²) in [5, 5.41) is 2.64. The number of carbonyl (C=O) groups excluding carboxylic acids is 2. The number of hydrogen-bond acceptors (Lipinski definition) is 4. The lowest BCUT2D eigenvalue weighted by Crippen LogP contribution is -2.34. The van der Waals surface area contributed by atoms with Gasteiger partial charge in [-0.2, -0.15) is 0 Å². The van der Waals surface area contributed by atoms with Gasteiger partial charge in [-0.3, -0.25) is 9.59 Å². The number of hydrogen-bond donors (Lipinski definition) is 2. The fraction of sp³-hybridized carbons (Fsp3) is 0.200. The van der Waals surface area contributed by atoms with E-state index in [-0.39, 0.29) is 34.2 Å². The normalized spacial score (nSPS) is 12.0. The lowest BCUT2D eigenvalue weighted by atomic mass is 10.1. The molecule has 0 saturated heterocycles. The minimum absolute atomic E-state index is 0.0439. The monoisotopic (exact) mass is 324 g/mol. The van der Waals surface area contributed by atoms with Crippen molar-refractivity contribution in [3.63, 3.8) is 0 Å². The second-order valence-corrected chi connectivity index (χ2v) is 5.26. The average Bonchev–Trinajstić information content (AvgIpc) is 2.96. The molecule has 1 atom stereocenters. The van der Waals surface area contributed by atoms with E-state index < -0.39 is 17.8 Å². The van der Waals surface area contributed by atoms with Gasteiger partial charge >= 0.3 is 0 Å². The highest BCUT2D eigenvalue weighted by atomic mass is 35.5. The third-order valence-corrected chi connectivity index (χ3v) is 3.22. The maximum Gasteiger partial charge on any atom is 0.253 e. The van der Waals surface area contributed by atoms with Crippen LogP contribution in [0.15, 0.2) is 34.9 Å². The number of halogens is 2. The molecule has 0 aliphatic rings. The lowest BCUT2D eigenvalue weighted by Gasteiger charge is -2.14. The molecule has 5 nitrogen and oxygen atoms in total. The van der Waals surface area contributed by atoms with Gasteiger partial charge in [0.2, 0.25) is 0 Å². The van der Waals surface area contributed by atoms with Crippen molar-refractivity contribution in [3.8, 4) is 0 Å². The van der Waals surface area contributed by atoms with E-state index >= 15 is 0 Å². The molecule has 2 rings (SSSR count). The van der Waals surface area contributed by atoms with Gasteiger partial charge in [-0.05, 0) is 31.2 Å². The van der Waals surface area contributed by atoms with Crippen LogP contribution in [-0.4, -0.2) is 17.7 Å². The Labute approximate surface area is 131 Å². The minimum Gasteiger partial charge on any atom is -0.461 e. The molecule has 116 valence electrons. The van der Waals surface area contributed by atoms with Crippen molar-refractivity contribution in [2.75, 3.05) is 5.73 Å². The molecule has 0 bridgehead atoms. The fourth-order valence-electron chi connectivity index (χ4n) is 1.94. The van der Waals surface area contributed by atoms with Crippen LogP contribution >= 0.6 is 11.6 Å². The van der Waals surface area contributed by atoms with Crippen molar-refractivity contribution in [2.24, 2.45) is 0 Å². The van der Waals surface area contributed by atoms with Crippen molar-refractivity contribution in [1.82, 2.24) is 5.32 Å². The van der Waals surface area contributed by atoms with Crippen molar-refractivity contribution >= 4 is 29.0 Å². The quantitative estimate of drug-likeness (QED) is 0.654. The van der Waals surface area contributed by atoms with Crippen LogP contribution < -0.4 is 11.1 Å². The topological polar surface area (TPSA) is 85.3 Å². The van der Waals surface area contributed by atoms with E-state index in [2.05, 4.69) is 5.32 Å². The van der Waals surface area contributed by atoms with E-state index in [1.807, 2.05) is 0 Å². The zero-order valence-electron chi connectivity index (χ0n) is 11.7. The molecule has 2 aromatic rings. The highest BCUT2D eigenvalue weighted by Crippen LogP contribution is 2.22. The number of nitrogens with one attached hydrogen (secondary N) is 1. The van der Waals surface area contributed by atoms with Gasteiger partial charge in [0.05, 0.1) is 17.5 Å². The molecule has 0 unspecified atom stereocenters. The van der Waals surface area contributed by atoms with Crippen LogP contribution in [-0.2, 0) is 0 Å².